The third-order valence-electron chi connectivity index (χ3n) is 6.16. The minimum atomic E-state index is -0.564. The number of rotatable bonds is 4. The third-order valence-corrected chi connectivity index (χ3v) is 6.16. The van der Waals surface area contributed by atoms with Crippen molar-refractivity contribution >= 4 is 17.5 Å². The molecule has 3 heterocycles. The Balaban J connectivity index is 1.40. The summed E-state index contributed by atoms with van der Waals surface area (Å²) in [5.74, 6) is -0.510. The second-order valence-corrected chi connectivity index (χ2v) is 8.34. The number of hydrogen-bond acceptors (Lipinski definition) is 6. The zero-order valence-electron chi connectivity index (χ0n) is 18.7. The quantitative estimate of drug-likeness (QED) is 0.361. The fourth-order valence-electron chi connectivity index (χ4n) is 4.08. The van der Waals surface area contributed by atoms with Crippen molar-refractivity contribution in [1.82, 2.24) is 29.6 Å². The zero-order chi connectivity index (χ0) is 23.7. The van der Waals surface area contributed by atoms with Gasteiger partial charge < -0.3 is 9.80 Å². The van der Waals surface area contributed by atoms with Crippen molar-refractivity contribution in [3.05, 3.63) is 78.2 Å². The Morgan fingerprint density at radius 3 is 2.18 bits per heavy atom. The molecule has 1 aliphatic rings. The number of fused-ring (bicyclic) bond motifs is 1. The molecule has 1 fully saturated rings. The van der Waals surface area contributed by atoms with E-state index in [0.29, 0.717) is 16.8 Å². The minimum Gasteiger partial charge on any atom is -0.336 e. The molecule has 34 heavy (non-hydrogen) atoms. The second-order valence-electron chi connectivity index (χ2n) is 8.34. The summed E-state index contributed by atoms with van der Waals surface area (Å²) in [6.07, 6.45) is 5.36. The standard InChI is InChI=1S/C25H24N6O3/c1-29-10-12-30(13-11-29)25(33)20-8-2-17(3-9-20)21-16-31-22(14-27-23(31)15-26-21)18-4-6-19(7-5-18)24(32)28-34/h2-9,14-16,34H,10-13H2,1H3,(H,28,32). The van der Waals surface area contributed by atoms with Gasteiger partial charge in [0.05, 0.1) is 23.8 Å². The number of nitrogens with one attached hydrogen (secondary N) is 1. The van der Waals surface area contributed by atoms with E-state index in [0.717, 1.165) is 48.7 Å². The van der Waals surface area contributed by atoms with Crippen LogP contribution in [0.15, 0.2) is 67.1 Å². The maximum atomic E-state index is 12.8. The molecule has 1 aliphatic heterocycles. The molecule has 0 spiro atoms. The topological polar surface area (TPSA) is 103 Å². The number of imidazole rings is 1. The summed E-state index contributed by atoms with van der Waals surface area (Å²) < 4.78 is 1.94. The number of carbonyl (C=O) groups is 2. The molecule has 0 aliphatic carbocycles. The van der Waals surface area contributed by atoms with Crippen molar-refractivity contribution in [1.29, 1.82) is 0 Å². The van der Waals surface area contributed by atoms with E-state index in [1.807, 2.05) is 39.8 Å². The Morgan fingerprint density at radius 1 is 0.853 bits per heavy atom. The molecule has 2 aromatic heterocycles. The first-order chi connectivity index (χ1) is 16.5. The van der Waals surface area contributed by atoms with Crippen LogP contribution in [-0.4, -0.2) is 74.4 Å². The van der Waals surface area contributed by atoms with Crippen LogP contribution < -0.4 is 5.48 Å². The van der Waals surface area contributed by atoms with Crippen molar-refractivity contribution in [2.24, 2.45) is 0 Å². The van der Waals surface area contributed by atoms with Crippen LogP contribution in [0.2, 0.25) is 0 Å². The maximum absolute atomic E-state index is 12.8. The summed E-state index contributed by atoms with van der Waals surface area (Å²) in [5.41, 5.74) is 6.71. The zero-order valence-corrected chi connectivity index (χ0v) is 18.7. The third kappa shape index (κ3) is 4.14. The molecule has 2 aromatic carbocycles. The van der Waals surface area contributed by atoms with Gasteiger partial charge in [-0.2, -0.15) is 0 Å². The average Bonchev–Trinajstić information content (AvgIpc) is 3.32. The molecule has 0 unspecified atom stereocenters. The molecule has 5 rings (SSSR count). The lowest BCUT2D eigenvalue weighted by atomic mass is 10.1. The minimum absolute atomic E-state index is 0.0540. The molecule has 1 saturated heterocycles. The first-order valence-corrected chi connectivity index (χ1v) is 11.0. The van der Waals surface area contributed by atoms with E-state index in [-0.39, 0.29) is 5.91 Å². The fraction of sp³-hybridized carbons (Fsp3) is 0.200. The molecule has 0 bridgehead atoms. The van der Waals surface area contributed by atoms with Gasteiger partial charge in [0.2, 0.25) is 0 Å². The number of benzene rings is 2. The molecule has 0 saturated carbocycles. The van der Waals surface area contributed by atoms with Gasteiger partial charge in [-0.15, -0.1) is 0 Å². The molecule has 0 atom stereocenters. The highest BCUT2D eigenvalue weighted by Gasteiger charge is 2.20. The summed E-state index contributed by atoms with van der Waals surface area (Å²) in [5, 5.41) is 8.80. The largest absolute Gasteiger partial charge is 0.336 e. The van der Waals surface area contributed by atoms with Gasteiger partial charge in [0.25, 0.3) is 11.8 Å². The molecular formula is C25H24N6O3. The van der Waals surface area contributed by atoms with E-state index in [1.54, 1.807) is 42.1 Å². The van der Waals surface area contributed by atoms with Crippen LogP contribution in [0.3, 0.4) is 0 Å². The molecule has 0 radical (unpaired) electrons. The van der Waals surface area contributed by atoms with Crippen LogP contribution in [-0.2, 0) is 0 Å². The monoisotopic (exact) mass is 456 g/mol. The first kappa shape index (κ1) is 21.7. The molecule has 2 N–H and O–H groups in total. The lowest BCUT2D eigenvalue weighted by Crippen LogP contribution is -2.47. The maximum Gasteiger partial charge on any atom is 0.274 e. The summed E-state index contributed by atoms with van der Waals surface area (Å²) >= 11 is 0. The molecule has 9 nitrogen and oxygen atoms in total. The second kappa shape index (κ2) is 9.05. The summed E-state index contributed by atoms with van der Waals surface area (Å²) in [4.78, 5) is 37.5. The van der Waals surface area contributed by atoms with Gasteiger partial charge in [0, 0.05) is 54.6 Å². The molecule has 2 amide bonds. The van der Waals surface area contributed by atoms with Crippen LogP contribution in [0.1, 0.15) is 20.7 Å². The molecule has 172 valence electrons. The lowest BCUT2D eigenvalue weighted by Gasteiger charge is -2.32. The van der Waals surface area contributed by atoms with Gasteiger partial charge >= 0.3 is 0 Å². The van der Waals surface area contributed by atoms with Gasteiger partial charge in [0.15, 0.2) is 5.65 Å². The number of hydrogen-bond donors (Lipinski definition) is 2. The average molecular weight is 457 g/mol. The summed E-state index contributed by atoms with van der Waals surface area (Å²) in [6.45, 7) is 3.26. The Bertz CT molecular complexity index is 1340. The van der Waals surface area contributed by atoms with E-state index in [4.69, 9.17) is 5.21 Å². The van der Waals surface area contributed by atoms with E-state index < -0.39 is 5.91 Å². The highest BCUT2D eigenvalue weighted by molar-refractivity contribution is 5.95. The smallest absolute Gasteiger partial charge is 0.274 e. The van der Waals surface area contributed by atoms with Gasteiger partial charge in [-0.25, -0.2) is 10.5 Å². The van der Waals surface area contributed by atoms with Crippen molar-refractivity contribution in [2.75, 3.05) is 33.2 Å². The predicted octanol–water partition coefficient (Wildman–Crippen LogP) is 2.57. The van der Waals surface area contributed by atoms with Crippen molar-refractivity contribution in [3.8, 4) is 22.5 Å². The number of amides is 2. The Labute approximate surface area is 196 Å². The van der Waals surface area contributed by atoms with Crippen molar-refractivity contribution < 1.29 is 14.8 Å². The van der Waals surface area contributed by atoms with Crippen LogP contribution in [0.5, 0.6) is 0 Å². The number of piperazine rings is 1. The fourth-order valence-corrected chi connectivity index (χ4v) is 4.08. The Kier molecular flexibility index (Phi) is 5.79. The van der Waals surface area contributed by atoms with Crippen LogP contribution in [0.4, 0.5) is 0 Å². The van der Waals surface area contributed by atoms with Crippen LogP contribution in [0.25, 0.3) is 28.2 Å². The van der Waals surface area contributed by atoms with E-state index >= 15 is 0 Å². The highest BCUT2D eigenvalue weighted by atomic mass is 16.5. The Hall–Kier alpha value is -4.08. The Morgan fingerprint density at radius 2 is 1.50 bits per heavy atom. The van der Waals surface area contributed by atoms with Crippen LogP contribution >= 0.6 is 0 Å². The lowest BCUT2D eigenvalue weighted by molar-refractivity contribution is 0.0663. The van der Waals surface area contributed by atoms with Gasteiger partial charge in [-0.3, -0.25) is 24.2 Å². The van der Waals surface area contributed by atoms with Crippen LogP contribution in [0, 0.1) is 0 Å². The number of carbonyl (C=O) groups excluding carboxylic acids is 2. The molecule has 4 aromatic rings. The summed E-state index contributed by atoms with van der Waals surface area (Å²) in [6, 6.07) is 14.4. The van der Waals surface area contributed by atoms with Gasteiger partial charge in [-0.05, 0) is 31.3 Å². The van der Waals surface area contributed by atoms with Crippen molar-refractivity contribution in [3.63, 3.8) is 0 Å². The van der Waals surface area contributed by atoms with E-state index in [9.17, 15) is 9.59 Å². The number of hydroxylamine groups is 1. The predicted molar refractivity (Wildman–Crippen MR) is 127 cm³/mol. The highest BCUT2D eigenvalue weighted by Crippen LogP contribution is 2.24. The van der Waals surface area contributed by atoms with Gasteiger partial charge in [0.1, 0.15) is 0 Å². The van der Waals surface area contributed by atoms with E-state index in [2.05, 4.69) is 21.9 Å². The van der Waals surface area contributed by atoms with E-state index in [1.165, 1.54) is 0 Å². The van der Waals surface area contributed by atoms with Crippen molar-refractivity contribution in [2.45, 2.75) is 0 Å². The number of likely N-dealkylation sites (N-methyl/N-ethyl adjacent to an activating group) is 1. The number of nitrogens with zero attached hydrogens (tertiary/aromatic N) is 5. The van der Waals surface area contributed by atoms with Gasteiger partial charge in [-0.1, -0.05) is 24.3 Å². The number of aromatic nitrogens is 3. The first-order valence-electron chi connectivity index (χ1n) is 11.0. The normalized spacial score (nSPS) is 14.4. The summed E-state index contributed by atoms with van der Waals surface area (Å²) in [7, 11) is 2.07. The SMILES string of the molecule is CN1CCN(C(=O)c2ccc(-c3cn4c(-c5ccc(C(=O)NO)cc5)cnc4cn3)cc2)CC1. The molecule has 9 heteroatoms. The molecular weight excluding hydrogens is 432 g/mol.